The first-order valence-corrected chi connectivity index (χ1v) is 5.70. The highest BCUT2D eigenvalue weighted by Crippen LogP contribution is 2.65. The van der Waals surface area contributed by atoms with Gasteiger partial charge in [0.1, 0.15) is 0 Å². The van der Waals surface area contributed by atoms with Crippen LogP contribution in [-0.2, 0) is 0 Å². The molecule has 4 saturated carbocycles. The monoisotopic (exact) mass is 259 g/mol. The van der Waals surface area contributed by atoms with E-state index in [2.05, 4.69) is 13.8 Å². The third-order valence-corrected chi connectivity index (χ3v) is 4.67. The first kappa shape index (κ1) is 10.9. The van der Waals surface area contributed by atoms with E-state index in [0.29, 0.717) is 10.8 Å². The van der Waals surface area contributed by atoms with Crippen LogP contribution in [0.3, 0.4) is 0 Å². The number of rotatable bonds is 0. The minimum Gasteiger partial charge on any atom is -0.325 e. The Morgan fingerprint density at radius 1 is 0.929 bits per heavy atom. The molecule has 4 fully saturated rings. The summed E-state index contributed by atoms with van der Waals surface area (Å²) in [6, 6.07) is 0. The first-order valence-electron chi connectivity index (χ1n) is 5.70. The minimum atomic E-state index is 0. The normalized spacial score (nSPS) is 59.8. The van der Waals surface area contributed by atoms with Crippen LogP contribution in [-0.4, -0.2) is 5.54 Å². The second-order valence-electron chi connectivity index (χ2n) is 6.99. The fraction of sp³-hybridized carbons (Fsp3) is 1.00. The summed E-state index contributed by atoms with van der Waals surface area (Å²) in [6.07, 6.45) is 8.27. The smallest absolute Gasteiger partial charge is 0.0167 e. The Morgan fingerprint density at radius 3 is 1.79 bits per heavy atom. The lowest BCUT2D eigenvalue weighted by Gasteiger charge is -2.64. The average Bonchev–Trinajstić information content (AvgIpc) is 1.71. The Balaban J connectivity index is 0.000000750. The fourth-order valence-corrected chi connectivity index (χ4v) is 5.54. The Bertz CT molecular complexity index is 212. The highest BCUT2D eigenvalue weighted by Gasteiger charge is 2.58. The van der Waals surface area contributed by atoms with E-state index in [9.17, 15) is 0 Å². The fourth-order valence-electron chi connectivity index (χ4n) is 5.54. The third-order valence-electron chi connectivity index (χ3n) is 4.67. The van der Waals surface area contributed by atoms with Crippen molar-refractivity contribution in [1.29, 1.82) is 0 Å². The van der Waals surface area contributed by atoms with Crippen LogP contribution in [0.4, 0.5) is 0 Å². The number of hydrogen-bond acceptors (Lipinski definition) is 1. The van der Waals surface area contributed by atoms with Gasteiger partial charge in [0, 0.05) is 5.54 Å². The van der Waals surface area contributed by atoms with Crippen LogP contribution < -0.4 is 5.73 Å². The second kappa shape index (κ2) is 2.76. The summed E-state index contributed by atoms with van der Waals surface area (Å²) < 4.78 is 0. The van der Waals surface area contributed by atoms with E-state index in [0.717, 1.165) is 5.92 Å². The van der Waals surface area contributed by atoms with Gasteiger partial charge in [-0.2, -0.15) is 0 Å². The highest BCUT2D eigenvalue weighted by atomic mass is 79.9. The van der Waals surface area contributed by atoms with Crippen LogP contribution >= 0.6 is 17.0 Å². The van der Waals surface area contributed by atoms with Crippen LogP contribution in [0.25, 0.3) is 0 Å². The van der Waals surface area contributed by atoms with Crippen LogP contribution in [0, 0.1) is 16.7 Å². The van der Waals surface area contributed by atoms with E-state index in [4.69, 9.17) is 5.73 Å². The summed E-state index contributed by atoms with van der Waals surface area (Å²) in [5.41, 5.74) is 7.92. The standard InChI is InChI=1S/C12H21N.BrH/c1-10-3-9-4-11(2,6-10)8-12(13,5-9)7-10;/h9H,3-8,13H2,1-2H3;1H. The van der Waals surface area contributed by atoms with E-state index in [1.165, 1.54) is 38.5 Å². The highest BCUT2D eigenvalue weighted by molar-refractivity contribution is 8.93. The van der Waals surface area contributed by atoms with Gasteiger partial charge in [0.05, 0.1) is 0 Å². The van der Waals surface area contributed by atoms with E-state index in [-0.39, 0.29) is 22.5 Å². The van der Waals surface area contributed by atoms with E-state index >= 15 is 0 Å². The Morgan fingerprint density at radius 2 is 1.43 bits per heavy atom. The quantitative estimate of drug-likeness (QED) is 0.710. The van der Waals surface area contributed by atoms with Gasteiger partial charge >= 0.3 is 0 Å². The predicted octanol–water partition coefficient (Wildman–Crippen LogP) is 3.27. The molecule has 0 spiro atoms. The van der Waals surface area contributed by atoms with Crippen molar-refractivity contribution in [1.82, 2.24) is 0 Å². The molecule has 0 aliphatic heterocycles. The molecule has 0 aromatic carbocycles. The van der Waals surface area contributed by atoms with Gasteiger partial charge in [-0.3, -0.25) is 0 Å². The van der Waals surface area contributed by atoms with Gasteiger partial charge in [0.2, 0.25) is 0 Å². The van der Waals surface area contributed by atoms with Crippen LogP contribution in [0.5, 0.6) is 0 Å². The largest absolute Gasteiger partial charge is 0.325 e. The molecule has 2 atom stereocenters. The van der Waals surface area contributed by atoms with Crippen LogP contribution in [0.2, 0.25) is 0 Å². The molecule has 4 aliphatic carbocycles. The molecule has 0 amide bonds. The Labute approximate surface area is 97.6 Å². The predicted molar refractivity (Wildman–Crippen MR) is 64.6 cm³/mol. The number of hydrogen-bond donors (Lipinski definition) is 1. The zero-order valence-corrected chi connectivity index (χ0v) is 11.0. The van der Waals surface area contributed by atoms with Crippen LogP contribution in [0.1, 0.15) is 52.4 Å². The number of halogens is 1. The Hall–Kier alpha value is 0.440. The molecule has 2 unspecified atom stereocenters. The molecule has 4 rings (SSSR count). The summed E-state index contributed by atoms with van der Waals surface area (Å²) in [5, 5.41) is 0. The van der Waals surface area contributed by atoms with Crippen molar-refractivity contribution in [2.24, 2.45) is 22.5 Å². The van der Waals surface area contributed by atoms with Crippen molar-refractivity contribution in [3.8, 4) is 0 Å². The van der Waals surface area contributed by atoms with Gasteiger partial charge < -0.3 is 5.73 Å². The lowest BCUT2D eigenvalue weighted by atomic mass is 9.43. The van der Waals surface area contributed by atoms with E-state index < -0.39 is 0 Å². The van der Waals surface area contributed by atoms with Gasteiger partial charge in [-0.05, 0) is 55.3 Å². The molecule has 2 heteroatoms. The van der Waals surface area contributed by atoms with Crippen molar-refractivity contribution >= 4 is 17.0 Å². The lowest BCUT2D eigenvalue weighted by Crippen LogP contribution is -2.62. The molecule has 0 saturated heterocycles. The summed E-state index contributed by atoms with van der Waals surface area (Å²) >= 11 is 0. The van der Waals surface area contributed by atoms with Crippen molar-refractivity contribution in [3.63, 3.8) is 0 Å². The SMILES string of the molecule is Br.CC12CC3CC(C)(C1)CC(N)(C3)C2. The second-order valence-corrected chi connectivity index (χ2v) is 6.99. The summed E-state index contributed by atoms with van der Waals surface area (Å²) in [7, 11) is 0. The van der Waals surface area contributed by atoms with Crippen LogP contribution in [0.15, 0.2) is 0 Å². The molecule has 14 heavy (non-hydrogen) atoms. The number of nitrogens with two attached hydrogens (primary N) is 1. The molecular weight excluding hydrogens is 238 g/mol. The lowest BCUT2D eigenvalue weighted by molar-refractivity contribution is -0.104. The third kappa shape index (κ3) is 1.46. The molecule has 0 aromatic heterocycles. The summed E-state index contributed by atoms with van der Waals surface area (Å²) in [4.78, 5) is 0. The molecule has 4 bridgehead atoms. The average molecular weight is 260 g/mol. The van der Waals surface area contributed by atoms with E-state index in [1.807, 2.05) is 0 Å². The maximum absolute atomic E-state index is 6.49. The molecule has 1 nitrogen and oxygen atoms in total. The zero-order chi connectivity index (χ0) is 9.32. The summed E-state index contributed by atoms with van der Waals surface area (Å²) in [6.45, 7) is 4.94. The maximum Gasteiger partial charge on any atom is 0.0167 e. The molecule has 0 aromatic rings. The van der Waals surface area contributed by atoms with Gasteiger partial charge in [-0.1, -0.05) is 13.8 Å². The molecule has 0 radical (unpaired) electrons. The minimum absolute atomic E-state index is 0. The molecule has 2 N–H and O–H groups in total. The molecule has 82 valence electrons. The first-order chi connectivity index (χ1) is 5.91. The molecule has 4 aliphatic rings. The van der Waals surface area contributed by atoms with E-state index in [1.54, 1.807) is 0 Å². The van der Waals surface area contributed by atoms with Gasteiger partial charge in [0.25, 0.3) is 0 Å². The zero-order valence-electron chi connectivity index (χ0n) is 9.31. The van der Waals surface area contributed by atoms with Crippen molar-refractivity contribution in [2.45, 2.75) is 57.9 Å². The van der Waals surface area contributed by atoms with Crippen molar-refractivity contribution in [2.75, 3.05) is 0 Å². The van der Waals surface area contributed by atoms with Crippen molar-refractivity contribution in [3.05, 3.63) is 0 Å². The van der Waals surface area contributed by atoms with Gasteiger partial charge in [-0.25, -0.2) is 0 Å². The Kier molecular flexibility index (Phi) is 2.16. The van der Waals surface area contributed by atoms with Gasteiger partial charge in [0.15, 0.2) is 0 Å². The van der Waals surface area contributed by atoms with Crippen molar-refractivity contribution < 1.29 is 0 Å². The van der Waals surface area contributed by atoms with Gasteiger partial charge in [-0.15, -0.1) is 17.0 Å². The topological polar surface area (TPSA) is 26.0 Å². The molecule has 0 heterocycles. The maximum atomic E-state index is 6.49. The summed E-state index contributed by atoms with van der Waals surface area (Å²) in [5.74, 6) is 0.955. The molecular formula is C12H22BrN.